The SMILES string of the molecule is Cn1c(N)c(C(=O)CN2CCC(CNC(=O)OC(C)(C)C)CC2)c(=O)n(C)c1=O. The Hall–Kier alpha value is -2.62. The van der Waals surface area contributed by atoms with Crippen molar-refractivity contribution >= 4 is 17.7 Å². The van der Waals surface area contributed by atoms with Crippen LogP contribution in [0.25, 0.3) is 0 Å². The van der Waals surface area contributed by atoms with Gasteiger partial charge in [-0.2, -0.15) is 0 Å². The first-order valence-corrected chi connectivity index (χ1v) is 9.68. The number of carbonyl (C=O) groups is 2. The van der Waals surface area contributed by atoms with Crippen LogP contribution >= 0.6 is 0 Å². The molecule has 0 aliphatic carbocycles. The molecule has 162 valence electrons. The number of alkyl carbamates (subject to hydrolysis) is 1. The number of amides is 1. The van der Waals surface area contributed by atoms with E-state index in [4.69, 9.17) is 10.5 Å². The molecule has 1 aromatic rings. The van der Waals surface area contributed by atoms with Gasteiger partial charge in [0.2, 0.25) is 0 Å². The molecular weight excluding hydrogens is 378 g/mol. The summed E-state index contributed by atoms with van der Waals surface area (Å²) in [5, 5.41) is 2.78. The molecule has 1 aromatic heterocycles. The fourth-order valence-electron chi connectivity index (χ4n) is 3.29. The number of ether oxygens (including phenoxy) is 1. The molecule has 0 atom stereocenters. The largest absolute Gasteiger partial charge is 0.444 e. The molecule has 2 rings (SSSR count). The van der Waals surface area contributed by atoms with Gasteiger partial charge in [0.05, 0.1) is 6.54 Å². The minimum atomic E-state index is -0.674. The highest BCUT2D eigenvalue weighted by Gasteiger charge is 2.26. The zero-order chi connectivity index (χ0) is 21.9. The van der Waals surface area contributed by atoms with E-state index in [9.17, 15) is 19.2 Å². The Morgan fingerprint density at radius 2 is 1.72 bits per heavy atom. The molecule has 0 saturated carbocycles. The van der Waals surface area contributed by atoms with Crippen molar-refractivity contribution < 1.29 is 14.3 Å². The molecule has 0 aromatic carbocycles. The van der Waals surface area contributed by atoms with Crippen LogP contribution in [-0.2, 0) is 18.8 Å². The molecule has 3 N–H and O–H groups in total. The number of likely N-dealkylation sites (tertiary alicyclic amines) is 1. The van der Waals surface area contributed by atoms with Crippen LogP contribution in [0.15, 0.2) is 9.59 Å². The van der Waals surface area contributed by atoms with Gasteiger partial charge in [-0.3, -0.25) is 23.6 Å². The van der Waals surface area contributed by atoms with Crippen molar-refractivity contribution in [2.45, 2.75) is 39.2 Å². The second kappa shape index (κ2) is 8.81. The van der Waals surface area contributed by atoms with Crippen molar-refractivity contribution in [2.24, 2.45) is 20.0 Å². The zero-order valence-electron chi connectivity index (χ0n) is 17.8. The summed E-state index contributed by atoms with van der Waals surface area (Å²) < 4.78 is 7.22. The van der Waals surface area contributed by atoms with Crippen LogP contribution in [0, 0.1) is 5.92 Å². The third-order valence-electron chi connectivity index (χ3n) is 5.00. The van der Waals surface area contributed by atoms with Crippen molar-refractivity contribution in [3.8, 4) is 0 Å². The van der Waals surface area contributed by atoms with E-state index in [1.807, 2.05) is 25.7 Å². The predicted molar refractivity (Wildman–Crippen MR) is 109 cm³/mol. The van der Waals surface area contributed by atoms with E-state index in [2.05, 4.69) is 5.32 Å². The second-order valence-electron chi connectivity index (χ2n) is 8.49. The van der Waals surface area contributed by atoms with E-state index in [0.29, 0.717) is 25.6 Å². The Bertz CT molecular complexity index is 888. The maximum atomic E-state index is 12.7. The Balaban J connectivity index is 1.90. The van der Waals surface area contributed by atoms with Crippen molar-refractivity contribution in [1.82, 2.24) is 19.4 Å². The summed E-state index contributed by atoms with van der Waals surface area (Å²) in [6, 6.07) is 0. The van der Waals surface area contributed by atoms with Gasteiger partial charge in [-0.25, -0.2) is 9.59 Å². The van der Waals surface area contributed by atoms with Crippen LogP contribution in [0.1, 0.15) is 44.0 Å². The minimum Gasteiger partial charge on any atom is -0.444 e. The van der Waals surface area contributed by atoms with E-state index in [-0.39, 0.29) is 17.9 Å². The molecule has 0 spiro atoms. The molecule has 29 heavy (non-hydrogen) atoms. The molecule has 1 fully saturated rings. The average molecular weight is 409 g/mol. The average Bonchev–Trinajstić information content (AvgIpc) is 2.63. The molecule has 10 heteroatoms. The molecule has 1 aliphatic rings. The lowest BCUT2D eigenvalue weighted by Gasteiger charge is -2.31. The van der Waals surface area contributed by atoms with Crippen molar-refractivity contribution in [3.63, 3.8) is 0 Å². The summed E-state index contributed by atoms with van der Waals surface area (Å²) in [4.78, 5) is 50.6. The molecule has 1 aliphatic heterocycles. The number of aromatic nitrogens is 2. The molecule has 0 bridgehead atoms. The number of nitrogens with one attached hydrogen (secondary N) is 1. The van der Waals surface area contributed by atoms with E-state index < -0.39 is 28.7 Å². The summed E-state index contributed by atoms with van der Waals surface area (Å²) in [7, 11) is 2.75. The van der Waals surface area contributed by atoms with Crippen molar-refractivity contribution in [3.05, 3.63) is 26.4 Å². The molecule has 0 radical (unpaired) electrons. The first-order valence-electron chi connectivity index (χ1n) is 9.68. The van der Waals surface area contributed by atoms with E-state index in [1.165, 1.54) is 14.1 Å². The molecule has 0 unspecified atom stereocenters. The lowest BCUT2D eigenvalue weighted by molar-refractivity contribution is 0.0510. The van der Waals surface area contributed by atoms with Crippen LogP contribution < -0.4 is 22.3 Å². The smallest absolute Gasteiger partial charge is 0.407 e. The Labute approximate surface area is 169 Å². The highest BCUT2D eigenvalue weighted by Crippen LogP contribution is 2.17. The van der Waals surface area contributed by atoms with Crippen LogP contribution in [0.3, 0.4) is 0 Å². The number of hydrogen-bond acceptors (Lipinski definition) is 7. The Kier molecular flexibility index (Phi) is 6.89. The predicted octanol–water partition coefficient (Wildman–Crippen LogP) is 0.0856. The third-order valence-corrected chi connectivity index (χ3v) is 5.00. The Morgan fingerprint density at radius 1 is 1.14 bits per heavy atom. The molecule has 1 amide bonds. The first kappa shape index (κ1) is 22.7. The fourth-order valence-corrected chi connectivity index (χ4v) is 3.29. The normalized spacial score (nSPS) is 15.9. The van der Waals surface area contributed by atoms with E-state index in [0.717, 1.165) is 22.0 Å². The van der Waals surface area contributed by atoms with Crippen molar-refractivity contribution in [2.75, 3.05) is 31.9 Å². The summed E-state index contributed by atoms with van der Waals surface area (Å²) in [6.07, 6.45) is 1.18. The third kappa shape index (κ3) is 5.69. The molecular formula is C19H31N5O5. The molecule has 1 saturated heterocycles. The molecule has 10 nitrogen and oxygen atoms in total. The van der Waals surface area contributed by atoms with Gasteiger partial charge in [-0.1, -0.05) is 0 Å². The first-order chi connectivity index (χ1) is 13.4. The van der Waals surface area contributed by atoms with Gasteiger partial charge < -0.3 is 15.8 Å². The monoisotopic (exact) mass is 409 g/mol. The second-order valence-corrected chi connectivity index (χ2v) is 8.49. The maximum Gasteiger partial charge on any atom is 0.407 e. The van der Waals surface area contributed by atoms with Crippen LogP contribution in [0.5, 0.6) is 0 Å². The number of nitrogens with two attached hydrogens (primary N) is 1. The number of hydrogen-bond donors (Lipinski definition) is 2. The van der Waals surface area contributed by atoms with Gasteiger partial charge >= 0.3 is 11.8 Å². The Morgan fingerprint density at radius 3 is 2.28 bits per heavy atom. The lowest BCUT2D eigenvalue weighted by Crippen LogP contribution is -2.45. The summed E-state index contributed by atoms with van der Waals surface area (Å²) >= 11 is 0. The topological polar surface area (TPSA) is 129 Å². The minimum absolute atomic E-state index is 0.0594. The lowest BCUT2D eigenvalue weighted by atomic mass is 9.96. The number of ketones is 1. The maximum absolute atomic E-state index is 12.7. The van der Waals surface area contributed by atoms with Gasteiger partial charge in [-0.05, 0) is 52.6 Å². The quantitative estimate of drug-likeness (QED) is 0.659. The summed E-state index contributed by atoms with van der Waals surface area (Å²) in [5.74, 6) is -0.215. The van der Waals surface area contributed by atoms with Crippen LogP contribution in [0.4, 0.5) is 10.6 Å². The number of nitrogens with zero attached hydrogens (tertiary/aromatic N) is 3. The standard InChI is InChI=1S/C19H31N5O5/c1-19(2,3)29-17(27)21-10-12-6-8-24(9-7-12)11-13(25)14-15(20)22(4)18(28)23(5)16(14)26/h12H,6-11,20H2,1-5H3,(H,21,27). The number of anilines is 1. The zero-order valence-corrected chi connectivity index (χ0v) is 17.8. The van der Waals surface area contributed by atoms with Crippen LogP contribution in [-0.4, -0.2) is 57.7 Å². The number of nitrogen functional groups attached to an aromatic ring is 1. The van der Waals surface area contributed by atoms with E-state index in [1.54, 1.807) is 0 Å². The van der Waals surface area contributed by atoms with Crippen molar-refractivity contribution in [1.29, 1.82) is 0 Å². The highest BCUT2D eigenvalue weighted by molar-refractivity contribution is 6.01. The molecule has 2 heterocycles. The van der Waals surface area contributed by atoms with Gasteiger partial charge in [0, 0.05) is 20.6 Å². The number of carbonyl (C=O) groups excluding carboxylic acids is 2. The number of Topliss-reactive ketones (excluding diaryl/α,β-unsaturated/α-hetero) is 1. The van der Waals surface area contributed by atoms with E-state index >= 15 is 0 Å². The van der Waals surface area contributed by atoms with Gasteiger partial charge in [0.1, 0.15) is 17.0 Å². The summed E-state index contributed by atoms with van der Waals surface area (Å²) in [6.45, 7) is 7.35. The number of piperidine rings is 1. The van der Waals surface area contributed by atoms with Gasteiger partial charge in [-0.15, -0.1) is 0 Å². The van der Waals surface area contributed by atoms with Crippen LogP contribution in [0.2, 0.25) is 0 Å². The van der Waals surface area contributed by atoms with Gasteiger partial charge in [0.25, 0.3) is 5.56 Å². The highest BCUT2D eigenvalue weighted by atomic mass is 16.6. The van der Waals surface area contributed by atoms with Gasteiger partial charge in [0.15, 0.2) is 5.78 Å². The fraction of sp³-hybridized carbons (Fsp3) is 0.684. The summed E-state index contributed by atoms with van der Waals surface area (Å²) in [5.41, 5.74) is 3.93. The number of rotatable bonds is 5.